The SMILES string of the molecule is CCCc1nn(C)c(Cl)c1[N+](=O)[O-]. The monoisotopic (exact) mass is 203 g/mol. The zero-order valence-corrected chi connectivity index (χ0v) is 8.21. The van der Waals surface area contributed by atoms with Crippen molar-refractivity contribution in [1.82, 2.24) is 9.78 Å². The molecule has 0 aromatic carbocycles. The Labute approximate surface area is 80.5 Å². The Bertz CT molecular complexity index is 335. The van der Waals surface area contributed by atoms with E-state index in [9.17, 15) is 10.1 Å². The number of hydrogen-bond acceptors (Lipinski definition) is 3. The fraction of sp³-hybridized carbons (Fsp3) is 0.571. The Morgan fingerprint density at radius 2 is 2.31 bits per heavy atom. The van der Waals surface area contributed by atoms with Crippen LogP contribution in [0.3, 0.4) is 0 Å². The van der Waals surface area contributed by atoms with Crippen LogP contribution in [0.5, 0.6) is 0 Å². The standard InChI is InChI=1S/C7H10ClN3O2/c1-3-4-5-6(11(12)13)7(8)10(2)9-5/h3-4H2,1-2H3. The molecule has 1 heterocycles. The first kappa shape index (κ1) is 9.98. The van der Waals surface area contributed by atoms with Gasteiger partial charge in [-0.1, -0.05) is 24.9 Å². The van der Waals surface area contributed by atoms with Gasteiger partial charge in [-0.25, -0.2) is 0 Å². The molecule has 0 aliphatic rings. The third-order valence-electron chi connectivity index (χ3n) is 1.69. The summed E-state index contributed by atoms with van der Waals surface area (Å²) in [6.45, 7) is 1.94. The number of aryl methyl sites for hydroxylation is 2. The van der Waals surface area contributed by atoms with Gasteiger partial charge in [-0.15, -0.1) is 0 Å². The van der Waals surface area contributed by atoms with Crippen molar-refractivity contribution in [2.75, 3.05) is 0 Å². The fourth-order valence-corrected chi connectivity index (χ4v) is 1.35. The molecule has 13 heavy (non-hydrogen) atoms. The van der Waals surface area contributed by atoms with Crippen molar-refractivity contribution in [2.24, 2.45) is 7.05 Å². The third kappa shape index (κ3) is 1.80. The average molecular weight is 204 g/mol. The van der Waals surface area contributed by atoms with Crippen LogP contribution in [-0.2, 0) is 13.5 Å². The number of nitro groups is 1. The third-order valence-corrected chi connectivity index (χ3v) is 2.12. The molecule has 72 valence electrons. The van der Waals surface area contributed by atoms with Crippen LogP contribution >= 0.6 is 11.6 Å². The summed E-state index contributed by atoms with van der Waals surface area (Å²) < 4.78 is 1.32. The van der Waals surface area contributed by atoms with Crippen molar-refractivity contribution in [1.29, 1.82) is 0 Å². The van der Waals surface area contributed by atoms with E-state index in [1.54, 1.807) is 7.05 Å². The number of nitrogens with zero attached hydrogens (tertiary/aromatic N) is 3. The summed E-state index contributed by atoms with van der Waals surface area (Å²) in [6.07, 6.45) is 1.39. The maximum absolute atomic E-state index is 10.6. The van der Waals surface area contributed by atoms with E-state index in [1.165, 1.54) is 4.68 Å². The first-order chi connectivity index (χ1) is 6.07. The molecule has 0 atom stereocenters. The molecule has 0 saturated heterocycles. The van der Waals surface area contributed by atoms with Gasteiger partial charge in [0.1, 0.15) is 5.69 Å². The van der Waals surface area contributed by atoms with E-state index in [2.05, 4.69) is 5.10 Å². The van der Waals surface area contributed by atoms with Crippen LogP contribution in [0.1, 0.15) is 19.0 Å². The second-order valence-electron chi connectivity index (χ2n) is 2.72. The summed E-state index contributed by atoms with van der Waals surface area (Å²) >= 11 is 5.70. The highest BCUT2D eigenvalue weighted by atomic mass is 35.5. The van der Waals surface area contributed by atoms with Gasteiger partial charge < -0.3 is 0 Å². The Morgan fingerprint density at radius 1 is 1.69 bits per heavy atom. The highest BCUT2D eigenvalue weighted by Gasteiger charge is 2.24. The molecule has 0 amide bonds. The van der Waals surface area contributed by atoms with Gasteiger partial charge in [0.25, 0.3) is 0 Å². The summed E-state index contributed by atoms with van der Waals surface area (Å²) in [4.78, 5) is 10.1. The first-order valence-electron chi connectivity index (χ1n) is 3.93. The molecule has 0 aliphatic heterocycles. The van der Waals surface area contributed by atoms with Gasteiger partial charge in [-0.2, -0.15) is 5.10 Å². The summed E-state index contributed by atoms with van der Waals surface area (Å²) in [7, 11) is 1.59. The molecule has 1 aromatic rings. The number of halogens is 1. The molecule has 5 nitrogen and oxygen atoms in total. The quantitative estimate of drug-likeness (QED) is 0.557. The van der Waals surface area contributed by atoms with E-state index < -0.39 is 4.92 Å². The second-order valence-corrected chi connectivity index (χ2v) is 3.07. The maximum atomic E-state index is 10.6. The van der Waals surface area contributed by atoms with E-state index in [4.69, 9.17) is 11.6 Å². The van der Waals surface area contributed by atoms with Crippen molar-refractivity contribution >= 4 is 17.3 Å². The Hall–Kier alpha value is -1.10. The normalized spacial score (nSPS) is 10.4. The number of rotatable bonds is 3. The number of hydrogen-bond donors (Lipinski definition) is 0. The Balaban J connectivity index is 3.18. The summed E-state index contributed by atoms with van der Waals surface area (Å²) in [6, 6.07) is 0. The number of aromatic nitrogens is 2. The highest BCUT2D eigenvalue weighted by molar-refractivity contribution is 6.31. The highest BCUT2D eigenvalue weighted by Crippen LogP contribution is 2.28. The molecule has 0 aliphatic carbocycles. The van der Waals surface area contributed by atoms with E-state index in [-0.39, 0.29) is 10.8 Å². The zero-order chi connectivity index (χ0) is 10.0. The molecule has 0 spiro atoms. The lowest BCUT2D eigenvalue weighted by Crippen LogP contribution is -1.93. The molecule has 1 aromatic heterocycles. The maximum Gasteiger partial charge on any atom is 0.329 e. The fourth-order valence-electron chi connectivity index (χ4n) is 1.13. The van der Waals surface area contributed by atoms with Gasteiger partial charge >= 0.3 is 5.69 Å². The molecule has 1 rings (SSSR count). The summed E-state index contributed by atoms with van der Waals surface area (Å²) in [5.41, 5.74) is 0.394. The van der Waals surface area contributed by atoms with Gasteiger partial charge in [-0.3, -0.25) is 14.8 Å². The van der Waals surface area contributed by atoms with Crippen molar-refractivity contribution < 1.29 is 4.92 Å². The average Bonchev–Trinajstić information content (AvgIpc) is 2.28. The van der Waals surface area contributed by atoms with Crippen molar-refractivity contribution in [3.8, 4) is 0 Å². The molecule has 0 N–H and O–H groups in total. The predicted octanol–water partition coefficient (Wildman–Crippen LogP) is 1.93. The van der Waals surface area contributed by atoms with Gasteiger partial charge in [0, 0.05) is 7.05 Å². The molecular formula is C7H10ClN3O2. The molecular weight excluding hydrogens is 194 g/mol. The molecule has 0 unspecified atom stereocenters. The summed E-state index contributed by atoms with van der Waals surface area (Å²) in [5, 5.41) is 14.7. The van der Waals surface area contributed by atoms with Gasteiger partial charge in [0.2, 0.25) is 5.15 Å². The molecule has 0 radical (unpaired) electrons. The van der Waals surface area contributed by atoms with Crippen molar-refractivity contribution in [3.05, 3.63) is 21.0 Å². The molecule has 0 bridgehead atoms. The van der Waals surface area contributed by atoms with Crippen molar-refractivity contribution in [2.45, 2.75) is 19.8 Å². The Kier molecular flexibility index (Phi) is 2.87. The van der Waals surface area contributed by atoms with Gasteiger partial charge in [-0.05, 0) is 6.42 Å². The molecule has 0 saturated carbocycles. The van der Waals surface area contributed by atoms with E-state index in [0.29, 0.717) is 12.1 Å². The lowest BCUT2D eigenvalue weighted by Gasteiger charge is -1.90. The minimum atomic E-state index is -0.486. The van der Waals surface area contributed by atoms with Gasteiger partial charge in [0.15, 0.2) is 0 Å². The smallest absolute Gasteiger partial charge is 0.258 e. The van der Waals surface area contributed by atoms with Crippen LogP contribution in [0.4, 0.5) is 5.69 Å². The van der Waals surface area contributed by atoms with Crippen LogP contribution in [0.15, 0.2) is 0 Å². The van der Waals surface area contributed by atoms with E-state index in [1.807, 2.05) is 6.92 Å². The van der Waals surface area contributed by atoms with E-state index >= 15 is 0 Å². The lowest BCUT2D eigenvalue weighted by molar-refractivity contribution is -0.385. The minimum Gasteiger partial charge on any atom is -0.258 e. The Morgan fingerprint density at radius 3 is 2.77 bits per heavy atom. The first-order valence-corrected chi connectivity index (χ1v) is 4.31. The minimum absolute atomic E-state index is 0.0639. The van der Waals surface area contributed by atoms with E-state index in [0.717, 1.165) is 6.42 Å². The largest absolute Gasteiger partial charge is 0.329 e. The topological polar surface area (TPSA) is 61.0 Å². The molecule has 6 heteroatoms. The molecule has 0 fully saturated rings. The van der Waals surface area contributed by atoms with Crippen LogP contribution in [0.2, 0.25) is 5.15 Å². The lowest BCUT2D eigenvalue weighted by atomic mass is 10.2. The van der Waals surface area contributed by atoms with Crippen LogP contribution < -0.4 is 0 Å². The van der Waals surface area contributed by atoms with Crippen LogP contribution in [0, 0.1) is 10.1 Å². The van der Waals surface area contributed by atoms with Crippen molar-refractivity contribution in [3.63, 3.8) is 0 Å². The predicted molar refractivity (Wildman–Crippen MR) is 48.9 cm³/mol. The second kappa shape index (κ2) is 3.74. The van der Waals surface area contributed by atoms with Crippen LogP contribution in [-0.4, -0.2) is 14.7 Å². The van der Waals surface area contributed by atoms with Gasteiger partial charge in [0.05, 0.1) is 4.92 Å². The van der Waals surface area contributed by atoms with Crippen LogP contribution in [0.25, 0.3) is 0 Å². The summed E-state index contributed by atoms with van der Waals surface area (Å²) in [5.74, 6) is 0. The zero-order valence-electron chi connectivity index (χ0n) is 7.45.